The number of hydrogen-bond donors (Lipinski definition) is 0. The zero-order valence-electron chi connectivity index (χ0n) is 17.4. The molecule has 0 aromatic heterocycles. The van der Waals surface area contributed by atoms with Crippen molar-refractivity contribution < 1.29 is 19.1 Å². The summed E-state index contributed by atoms with van der Waals surface area (Å²) in [4.78, 5) is 25.6. The van der Waals surface area contributed by atoms with E-state index in [1.807, 2.05) is 37.3 Å². The summed E-state index contributed by atoms with van der Waals surface area (Å²) in [6.07, 6.45) is 1.64. The third-order valence-electron chi connectivity index (χ3n) is 4.96. The van der Waals surface area contributed by atoms with Gasteiger partial charge in [-0.05, 0) is 48.8 Å². The molecule has 1 aliphatic rings. The number of imide groups is 1. The molecule has 0 N–H and O–H groups in total. The van der Waals surface area contributed by atoms with E-state index in [0.29, 0.717) is 34.8 Å². The smallest absolute Gasteiger partial charge is 0.271 e. The Hall–Kier alpha value is -3.85. The summed E-state index contributed by atoms with van der Waals surface area (Å²) in [5, 5.41) is 9.28. The van der Waals surface area contributed by atoms with Gasteiger partial charge in [-0.2, -0.15) is 5.26 Å². The summed E-state index contributed by atoms with van der Waals surface area (Å²) in [7, 11) is 2.91. The molecule has 2 aromatic carbocycles. The van der Waals surface area contributed by atoms with Crippen molar-refractivity contribution in [2.24, 2.45) is 0 Å². The molecule has 0 radical (unpaired) electrons. The molecule has 2 amide bonds. The van der Waals surface area contributed by atoms with Crippen molar-refractivity contribution in [3.63, 3.8) is 0 Å². The van der Waals surface area contributed by atoms with Crippen LogP contribution in [-0.4, -0.2) is 30.9 Å². The van der Waals surface area contributed by atoms with E-state index in [4.69, 9.17) is 9.47 Å². The summed E-state index contributed by atoms with van der Waals surface area (Å²) in [6.45, 7) is 4.03. The van der Waals surface area contributed by atoms with Gasteiger partial charge in [-0.15, -0.1) is 0 Å². The van der Waals surface area contributed by atoms with Crippen molar-refractivity contribution in [1.29, 1.82) is 5.26 Å². The van der Waals surface area contributed by atoms with Crippen LogP contribution in [0.2, 0.25) is 0 Å². The largest absolute Gasteiger partial charge is 0.493 e. The molecule has 0 fully saturated rings. The Labute approximate surface area is 175 Å². The van der Waals surface area contributed by atoms with E-state index in [-0.39, 0.29) is 5.57 Å². The van der Waals surface area contributed by atoms with E-state index < -0.39 is 11.8 Å². The maximum atomic E-state index is 12.6. The molecule has 1 heterocycles. The molecule has 0 aliphatic carbocycles. The van der Waals surface area contributed by atoms with E-state index in [2.05, 4.69) is 0 Å². The SMILES string of the molecule is COc1cc(/C=C2/C(=O)N(C)C(=O)C(C#N)=C2C)ccc1OCc1ccc(C)cc1. The first kappa shape index (κ1) is 20.9. The lowest BCUT2D eigenvalue weighted by Gasteiger charge is -2.23. The van der Waals surface area contributed by atoms with E-state index in [1.165, 1.54) is 12.6 Å². The topological polar surface area (TPSA) is 79.6 Å². The second-order valence-corrected chi connectivity index (χ2v) is 7.02. The molecule has 0 atom stereocenters. The van der Waals surface area contributed by atoms with Crippen LogP contribution in [0.5, 0.6) is 11.5 Å². The first-order valence-electron chi connectivity index (χ1n) is 9.37. The van der Waals surface area contributed by atoms with Crippen LogP contribution >= 0.6 is 0 Å². The van der Waals surface area contributed by atoms with Crippen LogP contribution in [0, 0.1) is 18.3 Å². The van der Waals surface area contributed by atoms with Gasteiger partial charge in [0, 0.05) is 12.6 Å². The number of nitriles is 1. The van der Waals surface area contributed by atoms with Gasteiger partial charge in [0.05, 0.1) is 7.11 Å². The fourth-order valence-electron chi connectivity index (χ4n) is 3.10. The van der Waals surface area contributed by atoms with Crippen LogP contribution in [0.15, 0.2) is 59.2 Å². The number of carbonyl (C=O) groups excluding carboxylic acids is 2. The molecule has 0 bridgehead atoms. The lowest BCUT2D eigenvalue weighted by molar-refractivity contribution is -0.138. The van der Waals surface area contributed by atoms with Crippen molar-refractivity contribution in [3.05, 3.63) is 75.9 Å². The lowest BCUT2D eigenvalue weighted by Crippen LogP contribution is -2.39. The number of likely N-dealkylation sites (N-methyl/N-ethyl adjacent to an activating group) is 1. The van der Waals surface area contributed by atoms with E-state index in [0.717, 1.165) is 10.5 Å². The first-order chi connectivity index (χ1) is 14.3. The monoisotopic (exact) mass is 402 g/mol. The summed E-state index contributed by atoms with van der Waals surface area (Å²) < 4.78 is 11.3. The number of benzene rings is 2. The van der Waals surface area contributed by atoms with Gasteiger partial charge in [-0.1, -0.05) is 35.9 Å². The Bertz CT molecular complexity index is 1110. The molecule has 0 spiro atoms. The maximum Gasteiger partial charge on any atom is 0.271 e. The van der Waals surface area contributed by atoms with Crippen molar-refractivity contribution in [3.8, 4) is 17.6 Å². The molecular weight excluding hydrogens is 380 g/mol. The first-order valence-corrected chi connectivity index (χ1v) is 9.37. The Kier molecular flexibility index (Phi) is 6.03. The van der Waals surface area contributed by atoms with Crippen LogP contribution < -0.4 is 9.47 Å². The highest BCUT2D eigenvalue weighted by molar-refractivity contribution is 6.19. The van der Waals surface area contributed by atoms with Gasteiger partial charge >= 0.3 is 0 Å². The van der Waals surface area contributed by atoms with Crippen LogP contribution in [0.25, 0.3) is 6.08 Å². The number of nitrogens with zero attached hydrogens (tertiary/aromatic N) is 2. The van der Waals surface area contributed by atoms with E-state index >= 15 is 0 Å². The maximum absolute atomic E-state index is 12.6. The molecule has 152 valence electrons. The number of carbonyl (C=O) groups is 2. The number of aryl methyl sites for hydroxylation is 1. The second kappa shape index (κ2) is 8.66. The summed E-state index contributed by atoms with van der Waals surface area (Å²) in [6, 6.07) is 15.3. The third kappa shape index (κ3) is 4.11. The van der Waals surface area contributed by atoms with Crippen molar-refractivity contribution in [2.45, 2.75) is 20.5 Å². The molecule has 30 heavy (non-hydrogen) atoms. The number of methoxy groups -OCH3 is 1. The third-order valence-corrected chi connectivity index (χ3v) is 4.96. The molecule has 3 rings (SSSR count). The van der Waals surface area contributed by atoms with Crippen molar-refractivity contribution >= 4 is 17.9 Å². The van der Waals surface area contributed by atoms with E-state index in [9.17, 15) is 14.9 Å². The van der Waals surface area contributed by atoms with Gasteiger partial charge < -0.3 is 9.47 Å². The fourth-order valence-corrected chi connectivity index (χ4v) is 3.10. The Morgan fingerprint density at radius 1 is 1.03 bits per heavy atom. The lowest BCUT2D eigenvalue weighted by atomic mass is 9.94. The van der Waals surface area contributed by atoms with Gasteiger partial charge in [0.2, 0.25) is 0 Å². The molecule has 6 nitrogen and oxygen atoms in total. The zero-order chi connectivity index (χ0) is 21.8. The predicted octanol–water partition coefficient (Wildman–Crippen LogP) is 3.80. The van der Waals surface area contributed by atoms with Gasteiger partial charge in [0.1, 0.15) is 18.2 Å². The quantitative estimate of drug-likeness (QED) is 0.561. The fraction of sp³-hybridized carbons (Fsp3) is 0.208. The minimum atomic E-state index is -0.588. The van der Waals surface area contributed by atoms with Crippen LogP contribution in [0.1, 0.15) is 23.6 Å². The summed E-state index contributed by atoms with van der Waals surface area (Å²) >= 11 is 0. The Morgan fingerprint density at radius 3 is 2.37 bits per heavy atom. The number of amides is 2. The molecule has 0 saturated carbocycles. The molecular formula is C24H22N2O4. The standard InChI is InChI=1S/C24H22N2O4/c1-15-5-7-17(8-6-15)14-30-21-10-9-18(12-22(21)29-4)11-19-16(2)20(13-25)24(28)26(3)23(19)27/h5-12H,14H2,1-4H3/b19-11+. The molecule has 0 saturated heterocycles. The average Bonchev–Trinajstić information content (AvgIpc) is 2.75. The average molecular weight is 402 g/mol. The van der Waals surface area contributed by atoms with Crippen LogP contribution in [-0.2, 0) is 16.2 Å². The number of rotatable bonds is 5. The normalized spacial score (nSPS) is 15.4. The highest BCUT2D eigenvalue weighted by Crippen LogP contribution is 2.32. The van der Waals surface area contributed by atoms with Gasteiger partial charge in [0.15, 0.2) is 11.5 Å². The number of hydrogen-bond acceptors (Lipinski definition) is 5. The zero-order valence-corrected chi connectivity index (χ0v) is 17.4. The summed E-state index contributed by atoms with van der Waals surface area (Å²) in [5.41, 5.74) is 3.54. The van der Waals surface area contributed by atoms with Crippen LogP contribution in [0.4, 0.5) is 0 Å². The molecule has 2 aromatic rings. The molecule has 6 heteroatoms. The van der Waals surface area contributed by atoms with Gasteiger partial charge in [0.25, 0.3) is 11.8 Å². The highest BCUT2D eigenvalue weighted by Gasteiger charge is 2.32. The van der Waals surface area contributed by atoms with Crippen LogP contribution in [0.3, 0.4) is 0 Å². The molecule has 0 unspecified atom stereocenters. The number of ether oxygens (including phenoxy) is 2. The van der Waals surface area contributed by atoms with Gasteiger partial charge in [-0.25, -0.2) is 0 Å². The van der Waals surface area contributed by atoms with Crippen molar-refractivity contribution in [1.82, 2.24) is 4.90 Å². The molecule has 1 aliphatic heterocycles. The Morgan fingerprint density at radius 2 is 1.73 bits per heavy atom. The second-order valence-electron chi connectivity index (χ2n) is 7.02. The minimum absolute atomic E-state index is 0.0339. The minimum Gasteiger partial charge on any atom is -0.493 e. The Balaban J connectivity index is 1.89. The van der Waals surface area contributed by atoms with E-state index in [1.54, 1.807) is 38.3 Å². The highest BCUT2D eigenvalue weighted by atomic mass is 16.5. The predicted molar refractivity (Wildman–Crippen MR) is 113 cm³/mol. The van der Waals surface area contributed by atoms with Gasteiger partial charge in [-0.3, -0.25) is 14.5 Å². The summed E-state index contributed by atoms with van der Waals surface area (Å²) in [5.74, 6) is 0.0588. The van der Waals surface area contributed by atoms with Crippen molar-refractivity contribution in [2.75, 3.05) is 14.2 Å².